The van der Waals surface area contributed by atoms with Crippen molar-refractivity contribution in [1.29, 1.82) is 0 Å². The maximum Gasteiger partial charge on any atom is 0.234 e. The molecule has 2 rings (SSSR count). The third-order valence-corrected chi connectivity index (χ3v) is 3.36. The van der Waals surface area contributed by atoms with Crippen LogP contribution in [0.4, 0.5) is 5.69 Å². The zero-order chi connectivity index (χ0) is 13.7. The van der Waals surface area contributed by atoms with Crippen LogP contribution in [0, 0.1) is 6.92 Å². The number of pyridine rings is 1. The number of hydrogen-bond donors (Lipinski definition) is 1. The summed E-state index contributed by atoms with van der Waals surface area (Å²) in [5, 5.41) is 2.84. The van der Waals surface area contributed by atoms with Crippen molar-refractivity contribution in [3.63, 3.8) is 0 Å². The highest BCUT2D eigenvalue weighted by molar-refractivity contribution is 5.77. The molecule has 1 aliphatic heterocycles. The zero-order valence-corrected chi connectivity index (χ0v) is 11.7. The number of aryl methyl sites for hydroxylation is 1. The maximum absolute atomic E-state index is 11.5. The Morgan fingerprint density at radius 1 is 1.37 bits per heavy atom. The Bertz CT molecular complexity index is 427. The van der Waals surface area contributed by atoms with E-state index in [0.29, 0.717) is 13.1 Å². The van der Waals surface area contributed by atoms with E-state index in [0.717, 1.165) is 31.9 Å². The van der Waals surface area contributed by atoms with E-state index in [9.17, 15) is 4.79 Å². The summed E-state index contributed by atoms with van der Waals surface area (Å²) < 4.78 is 0. The molecule has 5 nitrogen and oxygen atoms in total. The van der Waals surface area contributed by atoms with Crippen molar-refractivity contribution in [2.24, 2.45) is 0 Å². The predicted molar refractivity (Wildman–Crippen MR) is 76.3 cm³/mol. The minimum atomic E-state index is 0.121. The molecule has 104 valence electrons. The van der Waals surface area contributed by atoms with E-state index in [4.69, 9.17) is 0 Å². The van der Waals surface area contributed by atoms with Crippen LogP contribution in [0.25, 0.3) is 0 Å². The molecule has 0 aliphatic carbocycles. The number of nitrogens with zero attached hydrogens (tertiary/aromatic N) is 3. The number of anilines is 1. The van der Waals surface area contributed by atoms with Crippen molar-refractivity contribution in [3.8, 4) is 0 Å². The molecule has 0 spiro atoms. The van der Waals surface area contributed by atoms with Crippen LogP contribution >= 0.6 is 0 Å². The van der Waals surface area contributed by atoms with E-state index >= 15 is 0 Å². The molecule has 19 heavy (non-hydrogen) atoms. The van der Waals surface area contributed by atoms with Gasteiger partial charge in [-0.3, -0.25) is 14.7 Å². The molecule has 1 N–H and O–H groups in total. The monoisotopic (exact) mass is 262 g/mol. The molecule has 0 bridgehead atoms. The molecule has 1 saturated heterocycles. The van der Waals surface area contributed by atoms with Crippen molar-refractivity contribution in [1.82, 2.24) is 15.2 Å². The standard InChI is InChI=1S/C14H22N4O/c1-3-15-14(19)11-17-6-8-18(9-7-17)13-4-5-16-12(2)10-13/h4-5,10H,3,6-9,11H2,1-2H3,(H,15,19). The highest BCUT2D eigenvalue weighted by atomic mass is 16.2. The van der Waals surface area contributed by atoms with Gasteiger partial charge in [-0.2, -0.15) is 0 Å². The summed E-state index contributed by atoms with van der Waals surface area (Å²) in [5.41, 5.74) is 2.27. The number of rotatable bonds is 4. The first kappa shape index (κ1) is 13.8. The second kappa shape index (κ2) is 6.52. The average molecular weight is 262 g/mol. The molecule has 1 aromatic heterocycles. The number of nitrogens with one attached hydrogen (secondary N) is 1. The van der Waals surface area contributed by atoms with Crippen LogP contribution in [0.2, 0.25) is 0 Å². The normalized spacial score (nSPS) is 16.4. The number of hydrogen-bond acceptors (Lipinski definition) is 4. The summed E-state index contributed by atoms with van der Waals surface area (Å²) >= 11 is 0. The fourth-order valence-corrected chi connectivity index (χ4v) is 2.35. The number of amides is 1. The molecular weight excluding hydrogens is 240 g/mol. The Balaban J connectivity index is 1.84. The predicted octanol–water partition coefficient (Wildman–Crippen LogP) is 0.648. The molecule has 2 heterocycles. The van der Waals surface area contributed by atoms with Gasteiger partial charge in [0.2, 0.25) is 5.91 Å². The summed E-state index contributed by atoms with van der Waals surface area (Å²) in [6, 6.07) is 4.16. The van der Waals surface area contributed by atoms with Crippen molar-refractivity contribution < 1.29 is 4.79 Å². The molecule has 5 heteroatoms. The lowest BCUT2D eigenvalue weighted by atomic mass is 10.2. The highest BCUT2D eigenvalue weighted by Crippen LogP contribution is 2.16. The summed E-state index contributed by atoms with van der Waals surface area (Å²) in [5.74, 6) is 0.121. The van der Waals surface area contributed by atoms with Crippen molar-refractivity contribution >= 4 is 11.6 Å². The largest absolute Gasteiger partial charge is 0.369 e. The molecule has 1 aliphatic rings. The Morgan fingerprint density at radius 3 is 2.74 bits per heavy atom. The molecule has 0 radical (unpaired) electrons. The first-order valence-corrected chi connectivity index (χ1v) is 6.85. The van der Waals surface area contributed by atoms with Crippen LogP contribution in [-0.2, 0) is 4.79 Å². The van der Waals surface area contributed by atoms with Gasteiger partial charge in [-0.25, -0.2) is 0 Å². The van der Waals surface area contributed by atoms with Gasteiger partial charge < -0.3 is 10.2 Å². The van der Waals surface area contributed by atoms with Crippen LogP contribution in [0.3, 0.4) is 0 Å². The second-order valence-corrected chi connectivity index (χ2v) is 4.87. The van der Waals surface area contributed by atoms with E-state index < -0.39 is 0 Å². The lowest BCUT2D eigenvalue weighted by Gasteiger charge is -2.35. The van der Waals surface area contributed by atoms with E-state index in [1.807, 2.05) is 26.1 Å². The Kier molecular flexibility index (Phi) is 4.74. The van der Waals surface area contributed by atoms with Gasteiger partial charge in [-0.15, -0.1) is 0 Å². The topological polar surface area (TPSA) is 48.5 Å². The number of aromatic nitrogens is 1. The fraction of sp³-hybridized carbons (Fsp3) is 0.571. The summed E-state index contributed by atoms with van der Waals surface area (Å²) in [6.45, 7) is 8.95. The average Bonchev–Trinajstić information content (AvgIpc) is 2.40. The van der Waals surface area contributed by atoms with Crippen LogP contribution in [0.1, 0.15) is 12.6 Å². The second-order valence-electron chi connectivity index (χ2n) is 4.87. The van der Waals surface area contributed by atoms with Gasteiger partial charge >= 0.3 is 0 Å². The van der Waals surface area contributed by atoms with Gasteiger partial charge in [0.25, 0.3) is 0 Å². The number of carbonyl (C=O) groups excluding carboxylic acids is 1. The Morgan fingerprint density at radius 2 is 2.11 bits per heavy atom. The Hall–Kier alpha value is -1.62. The summed E-state index contributed by atoms with van der Waals surface area (Å²) in [6.07, 6.45) is 1.85. The highest BCUT2D eigenvalue weighted by Gasteiger charge is 2.18. The van der Waals surface area contributed by atoms with Gasteiger partial charge in [0.15, 0.2) is 0 Å². The Labute approximate surface area is 114 Å². The SMILES string of the molecule is CCNC(=O)CN1CCN(c2ccnc(C)c2)CC1. The molecule has 0 aromatic carbocycles. The lowest BCUT2D eigenvalue weighted by molar-refractivity contribution is -0.122. The van der Waals surface area contributed by atoms with Crippen molar-refractivity contribution in [2.75, 3.05) is 44.2 Å². The van der Waals surface area contributed by atoms with Crippen LogP contribution in [0.5, 0.6) is 0 Å². The van der Waals surface area contributed by atoms with Crippen LogP contribution in [0.15, 0.2) is 18.3 Å². The minimum absolute atomic E-state index is 0.121. The molecule has 0 atom stereocenters. The maximum atomic E-state index is 11.5. The quantitative estimate of drug-likeness (QED) is 0.865. The summed E-state index contributed by atoms with van der Waals surface area (Å²) in [4.78, 5) is 20.3. The van der Waals surface area contributed by atoms with Crippen LogP contribution < -0.4 is 10.2 Å². The summed E-state index contributed by atoms with van der Waals surface area (Å²) in [7, 11) is 0. The third-order valence-electron chi connectivity index (χ3n) is 3.36. The molecule has 0 saturated carbocycles. The van der Waals surface area contributed by atoms with Gasteiger partial charge in [0.05, 0.1) is 6.54 Å². The van der Waals surface area contributed by atoms with Gasteiger partial charge in [-0.05, 0) is 26.0 Å². The van der Waals surface area contributed by atoms with Crippen LogP contribution in [-0.4, -0.2) is 55.1 Å². The van der Waals surface area contributed by atoms with Gasteiger partial charge in [-0.1, -0.05) is 0 Å². The lowest BCUT2D eigenvalue weighted by Crippen LogP contribution is -2.49. The van der Waals surface area contributed by atoms with E-state index in [2.05, 4.69) is 26.2 Å². The van der Waals surface area contributed by atoms with E-state index in [1.54, 1.807) is 0 Å². The molecule has 1 amide bonds. The van der Waals surface area contributed by atoms with Gasteiger partial charge in [0, 0.05) is 50.3 Å². The van der Waals surface area contributed by atoms with E-state index in [1.165, 1.54) is 5.69 Å². The molecule has 1 fully saturated rings. The number of piperazine rings is 1. The number of likely N-dealkylation sites (N-methyl/N-ethyl adjacent to an activating group) is 1. The first-order valence-electron chi connectivity index (χ1n) is 6.85. The number of carbonyl (C=O) groups is 1. The van der Waals surface area contributed by atoms with Crippen molar-refractivity contribution in [3.05, 3.63) is 24.0 Å². The molecule has 0 unspecified atom stereocenters. The zero-order valence-electron chi connectivity index (χ0n) is 11.7. The van der Waals surface area contributed by atoms with E-state index in [-0.39, 0.29) is 5.91 Å². The third kappa shape index (κ3) is 3.92. The first-order chi connectivity index (χ1) is 9.19. The smallest absolute Gasteiger partial charge is 0.234 e. The molecular formula is C14H22N4O. The van der Waals surface area contributed by atoms with Gasteiger partial charge in [0.1, 0.15) is 0 Å². The fourth-order valence-electron chi connectivity index (χ4n) is 2.35. The van der Waals surface area contributed by atoms with Crippen molar-refractivity contribution in [2.45, 2.75) is 13.8 Å². The minimum Gasteiger partial charge on any atom is -0.369 e. The molecule has 1 aromatic rings.